The Bertz CT molecular complexity index is 464. The predicted molar refractivity (Wildman–Crippen MR) is 93.4 cm³/mol. The lowest BCUT2D eigenvalue weighted by atomic mass is 9.97. The number of hydrogen-bond donors (Lipinski definition) is 0. The number of hydrogen-bond acceptors (Lipinski definition) is 0. The third kappa shape index (κ3) is 5.21. The minimum absolute atomic E-state index is 0.603. The van der Waals surface area contributed by atoms with E-state index in [4.69, 9.17) is 0 Å². The average molecular weight is 270 g/mol. The standard InChI is InChI=1S/C16H18.2C2H6/c1-12(2)14-8-10-15(11-9-14)16-7-5-4-6-13(16)3;2*1-2/h4-12H,1-3H3;2*1-2H3. The Kier molecular flexibility index (Phi) is 9.45. The van der Waals surface area contributed by atoms with Gasteiger partial charge in [0.2, 0.25) is 0 Å². The van der Waals surface area contributed by atoms with E-state index in [9.17, 15) is 0 Å². The van der Waals surface area contributed by atoms with Crippen LogP contribution in [0.25, 0.3) is 11.1 Å². The summed E-state index contributed by atoms with van der Waals surface area (Å²) in [6.07, 6.45) is 0. The van der Waals surface area contributed by atoms with Gasteiger partial charge in [0.15, 0.2) is 0 Å². The largest absolute Gasteiger partial charge is 0.0683 e. The molecule has 0 aliphatic carbocycles. The molecule has 2 aromatic rings. The van der Waals surface area contributed by atoms with Gasteiger partial charge >= 0.3 is 0 Å². The summed E-state index contributed by atoms with van der Waals surface area (Å²) in [6.45, 7) is 14.6. The van der Waals surface area contributed by atoms with Crippen LogP contribution < -0.4 is 0 Å². The van der Waals surface area contributed by atoms with Crippen molar-refractivity contribution >= 4 is 0 Å². The molecule has 0 nitrogen and oxygen atoms in total. The summed E-state index contributed by atoms with van der Waals surface area (Å²) in [5.74, 6) is 0.603. The maximum absolute atomic E-state index is 2.23. The molecule has 0 aromatic heterocycles. The van der Waals surface area contributed by atoms with E-state index < -0.39 is 0 Å². The van der Waals surface area contributed by atoms with Gasteiger partial charge < -0.3 is 0 Å². The molecular weight excluding hydrogens is 240 g/mol. The first-order valence-electron chi connectivity index (χ1n) is 7.84. The Labute approximate surface area is 125 Å². The van der Waals surface area contributed by atoms with Crippen LogP contribution in [0.3, 0.4) is 0 Å². The fourth-order valence-electron chi connectivity index (χ4n) is 1.94. The third-order valence-corrected chi connectivity index (χ3v) is 3.03. The fraction of sp³-hybridized carbons (Fsp3) is 0.400. The lowest BCUT2D eigenvalue weighted by Gasteiger charge is -2.08. The smallest absolute Gasteiger partial charge is 0.0155 e. The maximum Gasteiger partial charge on any atom is -0.0155 e. The van der Waals surface area contributed by atoms with Crippen molar-refractivity contribution in [1.82, 2.24) is 0 Å². The second-order valence-corrected chi connectivity index (χ2v) is 4.59. The van der Waals surface area contributed by atoms with Crippen molar-refractivity contribution in [3.63, 3.8) is 0 Å². The molecule has 0 aliphatic heterocycles. The average Bonchev–Trinajstić information content (AvgIpc) is 2.52. The van der Waals surface area contributed by atoms with Crippen molar-refractivity contribution in [1.29, 1.82) is 0 Å². The molecule has 0 heteroatoms. The first-order valence-corrected chi connectivity index (χ1v) is 7.84. The van der Waals surface area contributed by atoms with Gasteiger partial charge in [-0.3, -0.25) is 0 Å². The summed E-state index contributed by atoms with van der Waals surface area (Å²) in [5, 5.41) is 0. The molecule has 2 rings (SSSR count). The minimum Gasteiger partial charge on any atom is -0.0683 e. The van der Waals surface area contributed by atoms with E-state index in [-0.39, 0.29) is 0 Å². The minimum atomic E-state index is 0.603. The van der Waals surface area contributed by atoms with Crippen molar-refractivity contribution in [2.45, 2.75) is 54.4 Å². The summed E-state index contributed by atoms with van der Waals surface area (Å²) in [5.41, 5.74) is 5.37. The van der Waals surface area contributed by atoms with Gasteiger partial charge in [-0.15, -0.1) is 0 Å². The van der Waals surface area contributed by atoms with Crippen LogP contribution in [0.1, 0.15) is 58.6 Å². The second-order valence-electron chi connectivity index (χ2n) is 4.59. The molecule has 0 fully saturated rings. The highest BCUT2D eigenvalue weighted by atomic mass is 14.1. The van der Waals surface area contributed by atoms with Crippen molar-refractivity contribution in [3.05, 3.63) is 59.7 Å². The molecule has 0 heterocycles. The van der Waals surface area contributed by atoms with Gasteiger partial charge in [0.05, 0.1) is 0 Å². The fourth-order valence-corrected chi connectivity index (χ4v) is 1.94. The lowest BCUT2D eigenvalue weighted by molar-refractivity contribution is 0.867. The quantitative estimate of drug-likeness (QED) is 0.560. The third-order valence-electron chi connectivity index (χ3n) is 3.03. The van der Waals surface area contributed by atoms with Crippen molar-refractivity contribution in [3.8, 4) is 11.1 Å². The molecule has 0 aliphatic rings. The van der Waals surface area contributed by atoms with E-state index in [2.05, 4.69) is 69.3 Å². The second kappa shape index (κ2) is 10.3. The van der Waals surface area contributed by atoms with E-state index in [1.165, 1.54) is 22.3 Å². The summed E-state index contributed by atoms with van der Waals surface area (Å²) in [6, 6.07) is 17.4. The highest BCUT2D eigenvalue weighted by Gasteiger charge is 2.02. The molecule has 0 radical (unpaired) electrons. The van der Waals surface area contributed by atoms with Crippen LogP contribution in [0.15, 0.2) is 48.5 Å². The number of rotatable bonds is 2. The summed E-state index contributed by atoms with van der Waals surface area (Å²) >= 11 is 0. The van der Waals surface area contributed by atoms with Gasteiger partial charge in [-0.25, -0.2) is 0 Å². The van der Waals surface area contributed by atoms with Crippen LogP contribution in [0, 0.1) is 6.92 Å². The van der Waals surface area contributed by atoms with Crippen LogP contribution >= 0.6 is 0 Å². The topological polar surface area (TPSA) is 0 Å². The zero-order valence-corrected chi connectivity index (χ0v) is 14.2. The van der Waals surface area contributed by atoms with E-state index in [1.54, 1.807) is 0 Å². The van der Waals surface area contributed by atoms with Gasteiger partial charge in [0.25, 0.3) is 0 Å². The Balaban J connectivity index is 0.000000829. The van der Waals surface area contributed by atoms with Gasteiger partial charge in [-0.2, -0.15) is 0 Å². The molecular formula is C20H30. The highest BCUT2D eigenvalue weighted by Crippen LogP contribution is 2.25. The number of aryl methyl sites for hydroxylation is 1. The van der Waals surface area contributed by atoms with Crippen LogP contribution in [0.2, 0.25) is 0 Å². The molecule has 0 saturated carbocycles. The molecule has 0 N–H and O–H groups in total. The molecule has 110 valence electrons. The highest BCUT2D eigenvalue weighted by molar-refractivity contribution is 5.67. The van der Waals surface area contributed by atoms with Crippen LogP contribution in [0.5, 0.6) is 0 Å². The van der Waals surface area contributed by atoms with Crippen LogP contribution in [0.4, 0.5) is 0 Å². The summed E-state index contributed by atoms with van der Waals surface area (Å²) in [4.78, 5) is 0. The van der Waals surface area contributed by atoms with Gasteiger partial charge in [-0.05, 0) is 35.1 Å². The van der Waals surface area contributed by atoms with Gasteiger partial charge in [0.1, 0.15) is 0 Å². The molecule has 0 atom stereocenters. The Hall–Kier alpha value is -1.56. The molecule has 20 heavy (non-hydrogen) atoms. The van der Waals surface area contributed by atoms with E-state index >= 15 is 0 Å². The molecule has 2 aromatic carbocycles. The molecule has 0 spiro atoms. The van der Waals surface area contributed by atoms with E-state index in [0.29, 0.717) is 5.92 Å². The van der Waals surface area contributed by atoms with Crippen molar-refractivity contribution in [2.75, 3.05) is 0 Å². The molecule has 0 amide bonds. The zero-order chi connectivity index (χ0) is 15.5. The summed E-state index contributed by atoms with van der Waals surface area (Å²) < 4.78 is 0. The molecule has 0 bridgehead atoms. The number of benzene rings is 2. The van der Waals surface area contributed by atoms with Gasteiger partial charge in [-0.1, -0.05) is 90.1 Å². The van der Waals surface area contributed by atoms with Crippen LogP contribution in [-0.4, -0.2) is 0 Å². The Morgan fingerprint density at radius 2 is 1.20 bits per heavy atom. The summed E-state index contributed by atoms with van der Waals surface area (Å²) in [7, 11) is 0. The predicted octanol–water partition coefficient (Wildman–Crippen LogP) is 6.84. The Morgan fingerprint density at radius 1 is 0.700 bits per heavy atom. The normalized spacial score (nSPS) is 9.20. The van der Waals surface area contributed by atoms with E-state index in [0.717, 1.165) is 0 Å². The first-order chi connectivity index (χ1) is 9.68. The zero-order valence-electron chi connectivity index (χ0n) is 14.2. The molecule has 0 unspecified atom stereocenters. The monoisotopic (exact) mass is 270 g/mol. The van der Waals surface area contributed by atoms with Crippen molar-refractivity contribution < 1.29 is 0 Å². The maximum atomic E-state index is 2.23. The van der Waals surface area contributed by atoms with Gasteiger partial charge in [0, 0.05) is 0 Å². The van der Waals surface area contributed by atoms with E-state index in [1.807, 2.05) is 27.7 Å². The van der Waals surface area contributed by atoms with Crippen molar-refractivity contribution in [2.24, 2.45) is 0 Å². The Morgan fingerprint density at radius 3 is 1.65 bits per heavy atom. The lowest BCUT2D eigenvalue weighted by Crippen LogP contribution is -1.87. The first kappa shape index (κ1) is 18.4. The SMILES string of the molecule is CC.CC.Cc1ccccc1-c1ccc(C(C)C)cc1. The molecule has 0 saturated heterocycles. The van der Waals surface area contributed by atoms with Crippen LogP contribution in [-0.2, 0) is 0 Å².